The van der Waals surface area contributed by atoms with E-state index >= 15 is 0 Å². The van der Waals surface area contributed by atoms with Crippen molar-refractivity contribution in [3.8, 4) is 0 Å². The normalized spacial score (nSPS) is 17.1. The van der Waals surface area contributed by atoms with Crippen LogP contribution in [0.1, 0.15) is 55.4 Å². The van der Waals surface area contributed by atoms with E-state index in [9.17, 15) is 17.7 Å². The van der Waals surface area contributed by atoms with Gasteiger partial charge in [0.1, 0.15) is 0 Å². The third-order valence-electron chi connectivity index (χ3n) is 5.23. The van der Waals surface area contributed by atoms with Crippen molar-refractivity contribution in [3.63, 3.8) is 0 Å². The molecule has 0 saturated carbocycles. The Morgan fingerprint density at radius 1 is 1.08 bits per heavy atom. The number of esters is 1. The van der Waals surface area contributed by atoms with Crippen LogP contribution in [0, 0.1) is 6.42 Å². The fraction of sp³-hybridized carbons (Fsp3) is 0.875. The molecule has 3 nitrogen and oxygen atoms in total. The second-order valence-electron chi connectivity index (χ2n) is 7.48. The van der Waals surface area contributed by atoms with Gasteiger partial charge in [-0.2, -0.15) is 0 Å². The van der Waals surface area contributed by atoms with Crippen LogP contribution in [0.5, 0.6) is 0 Å². The van der Waals surface area contributed by atoms with Gasteiger partial charge in [0.05, 0.1) is 0 Å². The first-order valence-electron chi connectivity index (χ1n) is 8.61. The van der Waals surface area contributed by atoms with Gasteiger partial charge in [0.15, 0.2) is 0 Å². The molecular formula is C16H32BF3GeO3. The average molecular weight is 413 g/mol. The van der Waals surface area contributed by atoms with Crippen molar-refractivity contribution in [1.29, 1.82) is 0 Å². The summed E-state index contributed by atoms with van der Waals surface area (Å²) in [6, 6.07) is 0. The van der Waals surface area contributed by atoms with E-state index in [1.165, 1.54) is 0 Å². The molecule has 0 aromatic heterocycles. The molecule has 0 aromatic carbocycles. The zero-order valence-corrected chi connectivity index (χ0v) is 18.3. The summed E-state index contributed by atoms with van der Waals surface area (Å²) < 4.78 is 48.1. The summed E-state index contributed by atoms with van der Waals surface area (Å²) in [5, 5.41) is 2.46. The number of ether oxygens (including phenoxy) is 1. The van der Waals surface area contributed by atoms with E-state index in [0.29, 0.717) is 0 Å². The monoisotopic (exact) mass is 414 g/mol. The Labute approximate surface area is 147 Å². The van der Waals surface area contributed by atoms with Crippen LogP contribution in [0.25, 0.3) is 0 Å². The summed E-state index contributed by atoms with van der Waals surface area (Å²) in [4.78, 5) is 12.6. The topological polar surface area (TPSA) is 35.5 Å². The first-order valence-corrected chi connectivity index (χ1v) is 14.1. The van der Waals surface area contributed by atoms with E-state index in [2.05, 4.69) is 4.65 Å². The van der Waals surface area contributed by atoms with Crippen molar-refractivity contribution in [2.45, 2.75) is 87.1 Å². The van der Waals surface area contributed by atoms with Gasteiger partial charge in [-0.3, -0.25) is 0 Å². The molecule has 0 aliphatic rings. The van der Waals surface area contributed by atoms with Gasteiger partial charge in [0, 0.05) is 0 Å². The van der Waals surface area contributed by atoms with Gasteiger partial charge < -0.3 is 0 Å². The van der Waals surface area contributed by atoms with Crippen LogP contribution in [0.15, 0.2) is 0 Å². The molecule has 0 spiro atoms. The number of hydrogen-bond donors (Lipinski definition) is 0. The van der Waals surface area contributed by atoms with Gasteiger partial charge in [-0.1, -0.05) is 0 Å². The molecule has 0 radical (unpaired) electrons. The first kappa shape index (κ1) is 23.7. The van der Waals surface area contributed by atoms with Crippen molar-refractivity contribution >= 4 is 26.4 Å². The quantitative estimate of drug-likeness (QED) is 0.283. The zero-order chi connectivity index (χ0) is 19.4. The molecule has 0 rings (SSSR count). The molecule has 0 fully saturated rings. The van der Waals surface area contributed by atoms with Crippen LogP contribution in [-0.4, -0.2) is 38.1 Å². The third kappa shape index (κ3) is 5.61. The summed E-state index contributed by atoms with van der Waals surface area (Å²) >= 11 is -2.86. The van der Waals surface area contributed by atoms with Gasteiger partial charge in [-0.05, 0) is 0 Å². The van der Waals surface area contributed by atoms with Crippen molar-refractivity contribution in [2.75, 3.05) is 0 Å². The molecule has 0 aliphatic heterocycles. The van der Waals surface area contributed by atoms with Crippen molar-refractivity contribution in [1.82, 2.24) is 0 Å². The van der Waals surface area contributed by atoms with Crippen LogP contribution in [0.3, 0.4) is 0 Å². The number of carbonyl (C=O) groups is 1. The molecule has 142 valence electrons. The number of carbonyl (C=O) groups excluding carboxylic acids is 1. The number of halogens is 3. The maximum atomic E-state index is 13.1. The Morgan fingerprint density at radius 2 is 1.50 bits per heavy atom. The Hall–Kier alpha value is -0.302. The number of hydrogen-bond acceptors (Lipinski definition) is 3. The van der Waals surface area contributed by atoms with Gasteiger partial charge in [0.25, 0.3) is 0 Å². The van der Waals surface area contributed by atoms with Crippen LogP contribution >= 0.6 is 0 Å². The fourth-order valence-corrected chi connectivity index (χ4v) is 14.4. The SMILES string of the molecule is C[CH+][C](C)(C(O[B-](F)(F)F)C(=O)OC(C)(C)C)[Ge]([CH2]C)([CH2]C)[CH2]C. The van der Waals surface area contributed by atoms with Crippen LogP contribution in [0.2, 0.25) is 20.0 Å². The molecule has 0 aliphatic carbocycles. The second kappa shape index (κ2) is 8.39. The summed E-state index contributed by atoms with van der Waals surface area (Å²) in [5.41, 5.74) is -0.869. The summed E-state index contributed by atoms with van der Waals surface area (Å²) in [5.74, 6) is -0.923. The summed E-state index contributed by atoms with van der Waals surface area (Å²) in [7, 11) is -5.57. The zero-order valence-electron chi connectivity index (χ0n) is 16.2. The molecule has 2 unspecified atom stereocenters. The Balaban J connectivity index is 6.10. The molecule has 8 heteroatoms. The first-order chi connectivity index (χ1) is 10.7. The van der Waals surface area contributed by atoms with Crippen LogP contribution < -0.4 is 0 Å². The van der Waals surface area contributed by atoms with Gasteiger partial charge in [0.2, 0.25) is 0 Å². The van der Waals surface area contributed by atoms with E-state index in [4.69, 9.17) is 4.74 Å². The van der Waals surface area contributed by atoms with Crippen LogP contribution in [0.4, 0.5) is 12.9 Å². The Bertz CT molecular complexity index is 412. The van der Waals surface area contributed by atoms with Gasteiger partial charge in [-0.15, -0.1) is 0 Å². The minimum atomic E-state index is -5.57. The maximum absolute atomic E-state index is 13.1. The molecule has 0 heterocycles. The van der Waals surface area contributed by atoms with E-state index in [0.717, 1.165) is 15.8 Å². The summed E-state index contributed by atoms with van der Waals surface area (Å²) in [6.45, 7) is 14.4. The van der Waals surface area contributed by atoms with Gasteiger partial charge in [-0.25, -0.2) is 0 Å². The van der Waals surface area contributed by atoms with Crippen molar-refractivity contribution < 1.29 is 27.1 Å². The standard InChI is InChI=1S/C16H32BF3GeO3/c1-9-16(8,21(10-2,11-3)12-4)13(24-17(18,19)20)14(22)23-15(5,6)7/h9,13H,10-12H2,1-8H3. The van der Waals surface area contributed by atoms with Crippen molar-refractivity contribution in [2.24, 2.45) is 0 Å². The molecule has 0 amide bonds. The van der Waals surface area contributed by atoms with E-state index < -0.39 is 42.4 Å². The Morgan fingerprint density at radius 3 is 1.75 bits per heavy atom. The van der Waals surface area contributed by atoms with E-state index in [-0.39, 0.29) is 0 Å². The number of rotatable bonds is 9. The molecule has 0 N–H and O–H groups in total. The average Bonchev–Trinajstić information content (AvgIpc) is 2.44. The molecule has 0 aromatic rings. The molecule has 24 heavy (non-hydrogen) atoms. The summed E-state index contributed by atoms with van der Waals surface area (Å²) in [6.07, 6.45) is 0.112. The second-order valence-corrected chi connectivity index (χ2v) is 19.6. The molecule has 0 saturated heterocycles. The molecule has 0 bridgehead atoms. The predicted octanol–water partition coefficient (Wildman–Crippen LogP) is 5.55. The minimum absolute atomic E-state index is 0.821. The third-order valence-corrected chi connectivity index (χ3v) is 19.7. The fourth-order valence-electron chi connectivity index (χ4n) is 3.58. The van der Waals surface area contributed by atoms with Crippen molar-refractivity contribution in [3.05, 3.63) is 6.42 Å². The van der Waals surface area contributed by atoms with E-state index in [1.807, 2.05) is 20.8 Å². The molecule has 2 atom stereocenters. The van der Waals surface area contributed by atoms with Crippen LogP contribution in [-0.2, 0) is 14.2 Å². The molecular weight excluding hydrogens is 381 g/mol. The van der Waals surface area contributed by atoms with Gasteiger partial charge >= 0.3 is 147 Å². The Kier molecular flexibility index (Phi) is 8.28. The van der Waals surface area contributed by atoms with E-state index in [1.54, 1.807) is 41.0 Å². The predicted molar refractivity (Wildman–Crippen MR) is 95.3 cm³/mol.